The maximum atomic E-state index is 2.61. The molecule has 0 amide bonds. The van der Waals surface area contributed by atoms with Crippen molar-refractivity contribution in [3.8, 4) is 0 Å². The van der Waals surface area contributed by atoms with Gasteiger partial charge in [0.1, 0.15) is 6.17 Å². The van der Waals surface area contributed by atoms with Crippen LogP contribution < -0.4 is 0 Å². The molecule has 0 N–H and O–H groups in total. The molecule has 2 nitrogen and oxygen atoms in total. The molecule has 0 aromatic heterocycles. The van der Waals surface area contributed by atoms with Crippen LogP contribution in [0.15, 0.2) is 12.4 Å². The highest BCUT2D eigenvalue weighted by Gasteiger charge is 2.22. The minimum Gasteiger partial charge on any atom is -0.359 e. The van der Waals surface area contributed by atoms with Crippen molar-refractivity contribution in [3.63, 3.8) is 0 Å². The smallest absolute Gasteiger partial charge is 0.100 e. The maximum Gasteiger partial charge on any atom is 0.100 e. The molecule has 1 aliphatic heterocycles. The van der Waals surface area contributed by atoms with Crippen molar-refractivity contribution >= 4 is 0 Å². The second-order valence-corrected chi connectivity index (χ2v) is 9.48. The number of unbranched alkanes of at least 4 members (excludes halogenated alkanes) is 17. The lowest BCUT2D eigenvalue weighted by atomic mass is 10.0. The molecule has 0 aromatic rings. The third-order valence-electron chi connectivity index (χ3n) is 6.68. The zero-order valence-corrected chi connectivity index (χ0v) is 20.5. The van der Waals surface area contributed by atoms with Gasteiger partial charge in [-0.15, -0.1) is 0 Å². The standard InChI is InChI=1S/C27H54N2/c1-4-6-8-10-12-14-15-17-19-21-23-27-28(3)25-26-29(27)24-22-20-18-16-13-11-9-7-5-2/h25-27H,4-24H2,1-3H3. The Morgan fingerprint density at radius 2 is 0.931 bits per heavy atom. The van der Waals surface area contributed by atoms with E-state index in [9.17, 15) is 0 Å². The van der Waals surface area contributed by atoms with Crippen LogP contribution in [-0.2, 0) is 0 Å². The van der Waals surface area contributed by atoms with Gasteiger partial charge in [0.05, 0.1) is 0 Å². The fourth-order valence-corrected chi connectivity index (χ4v) is 4.64. The van der Waals surface area contributed by atoms with E-state index in [1.54, 1.807) is 0 Å². The van der Waals surface area contributed by atoms with E-state index in [1.165, 1.54) is 135 Å². The molecule has 0 aromatic carbocycles. The van der Waals surface area contributed by atoms with Crippen LogP contribution in [0.4, 0.5) is 0 Å². The topological polar surface area (TPSA) is 6.48 Å². The summed E-state index contributed by atoms with van der Waals surface area (Å²) >= 11 is 0. The van der Waals surface area contributed by atoms with Crippen LogP contribution in [0.25, 0.3) is 0 Å². The molecule has 1 heterocycles. The highest BCUT2D eigenvalue weighted by atomic mass is 15.4. The van der Waals surface area contributed by atoms with Gasteiger partial charge in [0.15, 0.2) is 0 Å². The van der Waals surface area contributed by atoms with Crippen molar-refractivity contribution in [3.05, 3.63) is 12.4 Å². The maximum absolute atomic E-state index is 2.61. The summed E-state index contributed by atoms with van der Waals surface area (Å²) in [6.45, 7) is 5.85. The molecule has 0 spiro atoms. The van der Waals surface area contributed by atoms with E-state index < -0.39 is 0 Å². The molecule has 0 saturated heterocycles. The Morgan fingerprint density at radius 1 is 0.517 bits per heavy atom. The van der Waals surface area contributed by atoms with E-state index >= 15 is 0 Å². The highest BCUT2D eigenvalue weighted by Crippen LogP contribution is 2.21. The molecule has 1 atom stereocenters. The van der Waals surface area contributed by atoms with Gasteiger partial charge in [0, 0.05) is 26.0 Å². The van der Waals surface area contributed by atoms with Gasteiger partial charge in [0.2, 0.25) is 0 Å². The normalized spacial score (nSPS) is 16.3. The minimum atomic E-state index is 0.623. The van der Waals surface area contributed by atoms with Crippen LogP contribution in [0, 0.1) is 0 Å². The van der Waals surface area contributed by atoms with Gasteiger partial charge in [-0.3, -0.25) is 0 Å². The summed E-state index contributed by atoms with van der Waals surface area (Å²) in [5, 5.41) is 0. The van der Waals surface area contributed by atoms with Crippen molar-refractivity contribution in [2.75, 3.05) is 13.6 Å². The molecule has 1 rings (SSSR count). The quantitative estimate of drug-likeness (QED) is 0.176. The van der Waals surface area contributed by atoms with Crippen LogP contribution in [0.3, 0.4) is 0 Å². The second kappa shape index (κ2) is 19.3. The summed E-state index contributed by atoms with van der Waals surface area (Å²) in [6.07, 6.45) is 33.7. The van der Waals surface area contributed by atoms with Gasteiger partial charge in [-0.2, -0.15) is 0 Å². The molecule has 0 bridgehead atoms. The Hall–Kier alpha value is -0.660. The fraction of sp³-hybridized carbons (Fsp3) is 0.926. The molecule has 2 heteroatoms. The largest absolute Gasteiger partial charge is 0.359 e. The van der Waals surface area contributed by atoms with E-state index in [0.29, 0.717) is 6.17 Å². The van der Waals surface area contributed by atoms with Crippen LogP contribution in [0.5, 0.6) is 0 Å². The van der Waals surface area contributed by atoms with E-state index in [-0.39, 0.29) is 0 Å². The minimum absolute atomic E-state index is 0.623. The molecule has 1 aliphatic rings. The van der Waals surface area contributed by atoms with E-state index in [0.717, 1.165) is 0 Å². The average Bonchev–Trinajstić information content (AvgIpc) is 3.07. The monoisotopic (exact) mass is 406 g/mol. The Morgan fingerprint density at radius 3 is 1.41 bits per heavy atom. The molecule has 172 valence electrons. The first-order valence-electron chi connectivity index (χ1n) is 13.5. The third kappa shape index (κ3) is 14.1. The number of nitrogens with zero attached hydrogens (tertiary/aromatic N) is 2. The van der Waals surface area contributed by atoms with Crippen molar-refractivity contribution in [2.24, 2.45) is 0 Å². The number of hydrogen-bond acceptors (Lipinski definition) is 2. The predicted molar refractivity (Wildman–Crippen MR) is 131 cm³/mol. The van der Waals surface area contributed by atoms with Crippen molar-refractivity contribution in [2.45, 2.75) is 148 Å². The second-order valence-electron chi connectivity index (χ2n) is 9.48. The fourth-order valence-electron chi connectivity index (χ4n) is 4.64. The molecule has 1 unspecified atom stereocenters. The Bertz CT molecular complexity index is 366. The number of rotatable bonds is 21. The summed E-state index contributed by atoms with van der Waals surface area (Å²) in [5.74, 6) is 0. The van der Waals surface area contributed by atoms with Crippen LogP contribution in [-0.4, -0.2) is 29.6 Å². The van der Waals surface area contributed by atoms with Crippen LogP contribution in [0.2, 0.25) is 0 Å². The summed E-state index contributed by atoms with van der Waals surface area (Å²) < 4.78 is 0. The molecule has 0 radical (unpaired) electrons. The molecule has 0 fully saturated rings. The van der Waals surface area contributed by atoms with Gasteiger partial charge in [-0.05, 0) is 19.3 Å². The van der Waals surface area contributed by atoms with E-state index in [4.69, 9.17) is 0 Å². The average molecular weight is 407 g/mol. The molecule has 0 aliphatic carbocycles. The predicted octanol–water partition coefficient (Wildman–Crippen LogP) is 8.87. The Balaban J connectivity index is 1.97. The zero-order valence-electron chi connectivity index (χ0n) is 20.5. The first kappa shape index (κ1) is 26.4. The Labute approximate surface area is 184 Å². The molecular formula is C27H54N2. The molecular weight excluding hydrogens is 352 g/mol. The highest BCUT2D eigenvalue weighted by molar-refractivity contribution is 4.95. The first-order valence-corrected chi connectivity index (χ1v) is 13.5. The molecule has 0 saturated carbocycles. The summed E-state index contributed by atoms with van der Waals surface area (Å²) in [7, 11) is 2.26. The SMILES string of the molecule is CCCCCCCCCCCCC1N(C)C=CN1CCCCCCCCCCC. The van der Waals surface area contributed by atoms with Gasteiger partial charge in [0.25, 0.3) is 0 Å². The lowest BCUT2D eigenvalue weighted by Crippen LogP contribution is -2.37. The molecule has 29 heavy (non-hydrogen) atoms. The summed E-state index contributed by atoms with van der Waals surface area (Å²) in [5.41, 5.74) is 0. The van der Waals surface area contributed by atoms with Gasteiger partial charge < -0.3 is 9.80 Å². The van der Waals surface area contributed by atoms with Gasteiger partial charge >= 0.3 is 0 Å². The van der Waals surface area contributed by atoms with Crippen LogP contribution in [0.1, 0.15) is 142 Å². The summed E-state index contributed by atoms with van der Waals surface area (Å²) in [4.78, 5) is 5.04. The van der Waals surface area contributed by atoms with Crippen molar-refractivity contribution < 1.29 is 0 Å². The summed E-state index contributed by atoms with van der Waals surface area (Å²) in [6, 6.07) is 0. The van der Waals surface area contributed by atoms with Crippen molar-refractivity contribution in [1.29, 1.82) is 0 Å². The van der Waals surface area contributed by atoms with E-state index in [2.05, 4.69) is 43.1 Å². The third-order valence-corrected chi connectivity index (χ3v) is 6.68. The first-order chi connectivity index (χ1) is 14.3. The van der Waals surface area contributed by atoms with Crippen LogP contribution >= 0.6 is 0 Å². The lowest BCUT2D eigenvalue weighted by Gasteiger charge is -2.30. The van der Waals surface area contributed by atoms with Crippen molar-refractivity contribution in [1.82, 2.24) is 9.80 Å². The Kier molecular flexibility index (Phi) is 17.6. The van der Waals surface area contributed by atoms with Gasteiger partial charge in [-0.1, -0.05) is 123 Å². The zero-order chi connectivity index (χ0) is 21.0. The lowest BCUT2D eigenvalue weighted by molar-refractivity contribution is 0.159. The van der Waals surface area contributed by atoms with Gasteiger partial charge in [-0.25, -0.2) is 0 Å². The van der Waals surface area contributed by atoms with E-state index in [1.807, 2.05) is 0 Å². The number of hydrogen-bond donors (Lipinski definition) is 0.